The van der Waals surface area contributed by atoms with E-state index >= 15 is 0 Å². The van der Waals surface area contributed by atoms with Crippen molar-refractivity contribution in [3.05, 3.63) is 113 Å². The van der Waals surface area contributed by atoms with E-state index in [2.05, 4.69) is 68.4 Å². The normalized spacial score (nSPS) is 14.8. The smallest absolute Gasteiger partial charge is 0.306 e. The molecular weight excluding hydrogens is 484 g/mol. The maximum atomic E-state index is 11.6. The van der Waals surface area contributed by atoms with Crippen molar-refractivity contribution in [2.45, 2.75) is 25.3 Å². The van der Waals surface area contributed by atoms with E-state index in [0.29, 0.717) is 5.92 Å². The van der Waals surface area contributed by atoms with Crippen molar-refractivity contribution >= 4 is 22.1 Å². The van der Waals surface area contributed by atoms with Gasteiger partial charge in [0.15, 0.2) is 0 Å². The topological polar surface area (TPSA) is 90.6 Å². The molecule has 0 radical (unpaired) electrons. The Kier molecular flexibility index (Phi) is 5.98. The van der Waals surface area contributed by atoms with Crippen LogP contribution in [0.4, 0.5) is 0 Å². The summed E-state index contributed by atoms with van der Waals surface area (Å²) in [4.78, 5) is 34.0. The molecule has 1 saturated heterocycles. The molecule has 6 aromatic rings. The summed E-state index contributed by atoms with van der Waals surface area (Å²) in [5.41, 5.74) is 9.69. The van der Waals surface area contributed by atoms with E-state index in [-0.39, 0.29) is 5.69 Å². The van der Waals surface area contributed by atoms with Gasteiger partial charge in [-0.1, -0.05) is 60.7 Å². The van der Waals surface area contributed by atoms with Crippen molar-refractivity contribution in [3.8, 4) is 22.5 Å². The van der Waals surface area contributed by atoms with E-state index in [1.165, 1.54) is 11.1 Å². The van der Waals surface area contributed by atoms with Crippen LogP contribution >= 0.6 is 0 Å². The number of H-pyrrole nitrogens is 2. The van der Waals surface area contributed by atoms with Crippen molar-refractivity contribution in [1.29, 1.82) is 0 Å². The van der Waals surface area contributed by atoms with Crippen LogP contribution < -0.4 is 5.69 Å². The van der Waals surface area contributed by atoms with E-state index in [0.717, 1.165) is 77.1 Å². The standard InChI is InChI=1S/C32H28N6O/c39-32-36-26-11-10-25(18-28(26)37-32)22-13-16-38(17-14-22)20-21-6-8-24(9-7-21)31-30(23-4-2-1-3-5-23)34-27-12-15-33-19-29(27)35-31/h1-12,15,18-19,22H,13-14,16-17,20H2,(H2,36,37,39). The van der Waals surface area contributed by atoms with E-state index in [1.807, 2.05) is 30.3 Å². The molecule has 0 aliphatic carbocycles. The Balaban J connectivity index is 1.08. The molecule has 0 spiro atoms. The van der Waals surface area contributed by atoms with E-state index in [9.17, 15) is 4.79 Å². The van der Waals surface area contributed by atoms with E-state index in [4.69, 9.17) is 9.97 Å². The number of aromatic amines is 2. The molecule has 1 fully saturated rings. The number of hydrogen-bond acceptors (Lipinski definition) is 5. The minimum Gasteiger partial charge on any atom is -0.306 e. The molecule has 7 heteroatoms. The summed E-state index contributed by atoms with van der Waals surface area (Å²) in [6, 6.07) is 27.2. The first-order valence-electron chi connectivity index (χ1n) is 13.4. The lowest BCUT2D eigenvalue weighted by molar-refractivity contribution is 0.204. The van der Waals surface area contributed by atoms with Crippen LogP contribution in [0.5, 0.6) is 0 Å². The third kappa shape index (κ3) is 4.73. The molecule has 3 aromatic carbocycles. The van der Waals surface area contributed by atoms with Crippen LogP contribution in [0, 0.1) is 0 Å². The Morgan fingerprint density at radius 1 is 0.769 bits per heavy atom. The first kappa shape index (κ1) is 23.5. The second-order valence-corrected chi connectivity index (χ2v) is 10.3. The zero-order valence-corrected chi connectivity index (χ0v) is 21.5. The summed E-state index contributed by atoms with van der Waals surface area (Å²) in [5.74, 6) is 0.517. The number of fused-ring (bicyclic) bond motifs is 2. The zero-order valence-electron chi connectivity index (χ0n) is 21.5. The molecular formula is C32H28N6O. The molecule has 4 heterocycles. The highest BCUT2D eigenvalue weighted by molar-refractivity contribution is 5.85. The van der Waals surface area contributed by atoms with Crippen LogP contribution in [0.2, 0.25) is 0 Å². The Labute approximate surface area is 225 Å². The highest BCUT2D eigenvalue weighted by Gasteiger charge is 2.21. The average molecular weight is 513 g/mol. The fourth-order valence-electron chi connectivity index (χ4n) is 5.66. The van der Waals surface area contributed by atoms with Crippen LogP contribution in [-0.2, 0) is 6.54 Å². The van der Waals surface area contributed by atoms with Gasteiger partial charge in [-0.05, 0) is 61.2 Å². The van der Waals surface area contributed by atoms with Gasteiger partial charge in [-0.2, -0.15) is 0 Å². The molecule has 39 heavy (non-hydrogen) atoms. The second kappa shape index (κ2) is 9.93. The molecule has 2 N–H and O–H groups in total. The Morgan fingerprint density at radius 2 is 1.49 bits per heavy atom. The van der Waals surface area contributed by atoms with Crippen LogP contribution in [0.25, 0.3) is 44.6 Å². The Bertz CT molecular complexity index is 1820. The van der Waals surface area contributed by atoms with Crippen LogP contribution in [0.1, 0.15) is 29.9 Å². The summed E-state index contributed by atoms with van der Waals surface area (Å²) in [7, 11) is 0. The number of likely N-dealkylation sites (tertiary alicyclic amines) is 1. The lowest BCUT2D eigenvalue weighted by atomic mass is 9.89. The number of rotatable bonds is 5. The number of nitrogens with zero attached hydrogens (tertiary/aromatic N) is 4. The molecule has 3 aromatic heterocycles. The molecule has 7 nitrogen and oxygen atoms in total. The van der Waals surface area contributed by atoms with Gasteiger partial charge in [0.05, 0.1) is 34.1 Å². The van der Waals surface area contributed by atoms with Gasteiger partial charge in [0.2, 0.25) is 0 Å². The van der Waals surface area contributed by atoms with Crippen LogP contribution in [-0.4, -0.2) is 42.9 Å². The number of piperidine rings is 1. The minimum absolute atomic E-state index is 0.149. The quantitative estimate of drug-likeness (QED) is 0.300. The number of nitrogens with one attached hydrogen (secondary N) is 2. The largest absolute Gasteiger partial charge is 0.323 e. The second-order valence-electron chi connectivity index (χ2n) is 10.3. The van der Waals surface area contributed by atoms with Crippen molar-refractivity contribution in [1.82, 2.24) is 29.8 Å². The molecule has 192 valence electrons. The number of benzene rings is 3. The first-order valence-corrected chi connectivity index (χ1v) is 13.4. The minimum atomic E-state index is -0.149. The summed E-state index contributed by atoms with van der Waals surface area (Å²) in [5, 5.41) is 0. The number of hydrogen-bond donors (Lipinski definition) is 2. The van der Waals surface area contributed by atoms with Crippen molar-refractivity contribution in [2.24, 2.45) is 0 Å². The molecule has 0 bridgehead atoms. The van der Waals surface area contributed by atoms with Gasteiger partial charge in [-0.25, -0.2) is 14.8 Å². The van der Waals surface area contributed by atoms with Crippen molar-refractivity contribution in [2.75, 3.05) is 13.1 Å². The van der Waals surface area contributed by atoms with Gasteiger partial charge in [-0.3, -0.25) is 9.88 Å². The van der Waals surface area contributed by atoms with Gasteiger partial charge < -0.3 is 9.97 Å². The SMILES string of the molecule is O=c1[nH]c2ccc(C3CCN(Cc4ccc(-c5nc6cnccc6nc5-c5ccccc5)cc4)CC3)cc2[nH]1. The third-order valence-corrected chi connectivity index (χ3v) is 7.75. The zero-order chi connectivity index (χ0) is 26.2. The Hall–Kier alpha value is -4.62. The summed E-state index contributed by atoms with van der Waals surface area (Å²) in [6.07, 6.45) is 5.75. The number of imidazole rings is 1. The molecule has 7 rings (SSSR count). The predicted molar refractivity (Wildman–Crippen MR) is 154 cm³/mol. The number of aromatic nitrogens is 5. The molecule has 0 unspecified atom stereocenters. The monoisotopic (exact) mass is 512 g/mol. The highest BCUT2D eigenvalue weighted by atomic mass is 16.1. The molecule has 1 aliphatic heterocycles. The van der Waals surface area contributed by atoms with Crippen LogP contribution in [0.3, 0.4) is 0 Å². The van der Waals surface area contributed by atoms with Gasteiger partial charge in [-0.15, -0.1) is 0 Å². The van der Waals surface area contributed by atoms with Gasteiger partial charge in [0.1, 0.15) is 5.52 Å². The van der Waals surface area contributed by atoms with Gasteiger partial charge in [0, 0.05) is 23.9 Å². The number of pyridine rings is 1. The fraction of sp³-hybridized carbons (Fsp3) is 0.188. The first-order chi connectivity index (χ1) is 19.2. The molecule has 0 saturated carbocycles. The van der Waals surface area contributed by atoms with Crippen molar-refractivity contribution < 1.29 is 0 Å². The third-order valence-electron chi connectivity index (χ3n) is 7.75. The van der Waals surface area contributed by atoms with Crippen LogP contribution in [0.15, 0.2) is 96.1 Å². The maximum Gasteiger partial charge on any atom is 0.323 e. The fourth-order valence-corrected chi connectivity index (χ4v) is 5.66. The lowest BCUT2D eigenvalue weighted by Crippen LogP contribution is -2.32. The highest BCUT2D eigenvalue weighted by Crippen LogP contribution is 2.32. The maximum absolute atomic E-state index is 11.6. The van der Waals surface area contributed by atoms with Crippen molar-refractivity contribution in [3.63, 3.8) is 0 Å². The molecule has 1 aliphatic rings. The predicted octanol–water partition coefficient (Wildman–Crippen LogP) is 5.91. The van der Waals surface area contributed by atoms with E-state index < -0.39 is 0 Å². The summed E-state index contributed by atoms with van der Waals surface area (Å²) in [6.45, 7) is 3.03. The molecule has 0 atom stereocenters. The molecule has 0 amide bonds. The van der Waals surface area contributed by atoms with Gasteiger partial charge >= 0.3 is 5.69 Å². The lowest BCUT2D eigenvalue weighted by Gasteiger charge is -2.32. The average Bonchev–Trinajstić information content (AvgIpc) is 3.37. The van der Waals surface area contributed by atoms with E-state index in [1.54, 1.807) is 12.4 Å². The Morgan fingerprint density at radius 3 is 2.28 bits per heavy atom. The summed E-state index contributed by atoms with van der Waals surface area (Å²) < 4.78 is 0. The summed E-state index contributed by atoms with van der Waals surface area (Å²) >= 11 is 0. The van der Waals surface area contributed by atoms with Gasteiger partial charge in [0.25, 0.3) is 0 Å².